The van der Waals surface area contributed by atoms with Crippen molar-refractivity contribution in [2.75, 3.05) is 11.9 Å². The molecule has 0 heterocycles. The summed E-state index contributed by atoms with van der Waals surface area (Å²) in [7, 11) is -4.06. The molecule has 2 fully saturated rings. The summed E-state index contributed by atoms with van der Waals surface area (Å²) in [5.41, 5.74) is 6.90. The molecular weight excluding hydrogens is 521 g/mol. The van der Waals surface area contributed by atoms with E-state index in [0.717, 1.165) is 6.07 Å². The van der Waals surface area contributed by atoms with Crippen LogP contribution in [0.1, 0.15) is 36.5 Å². The predicted molar refractivity (Wildman–Crippen MR) is 126 cm³/mol. The molecule has 2 N–H and O–H groups in total. The molecule has 0 radical (unpaired) electrons. The molecule has 5 atom stereocenters. The van der Waals surface area contributed by atoms with Crippen LogP contribution in [0, 0.1) is 35.2 Å². The van der Waals surface area contributed by atoms with Crippen molar-refractivity contribution in [1.29, 1.82) is 0 Å². The zero-order valence-corrected chi connectivity index (χ0v) is 20.5. The second-order valence-electron chi connectivity index (χ2n) is 9.39. The SMILES string of the molecule is C[C@H]1CC2CC(S(=O)(=O)c3cc(C(=O)Nc4cc(F)c(F)c(F)c4)ccc3Cl)C[C@H]1[C@]2(O)CN=[N+]=[N-]. The van der Waals surface area contributed by atoms with Gasteiger partial charge in [-0.25, -0.2) is 21.6 Å². The van der Waals surface area contributed by atoms with Crippen molar-refractivity contribution < 1.29 is 31.5 Å². The lowest BCUT2D eigenvalue weighted by molar-refractivity contribution is -0.0548. The third-order valence-electron chi connectivity index (χ3n) is 7.32. The number of hydrogen-bond donors (Lipinski definition) is 2. The molecule has 2 aliphatic carbocycles. The number of nitrogens with one attached hydrogen (secondary N) is 1. The fourth-order valence-corrected chi connectivity index (χ4v) is 7.94. The Balaban J connectivity index is 1.61. The standard InChI is InChI=1S/C23H22ClF3N4O4S/c1-11-4-13-6-15(9-16(11)23(13,33)10-29-31-28)36(34,35)20-5-12(2-3-17(20)24)22(32)30-14-7-18(25)21(27)19(26)8-14/h2-3,5,7-8,11,13,15-16,33H,4,6,9-10H2,1H3,(H,30,32)/t11-,13?,15?,16+,23-/m0/s1. The van der Waals surface area contributed by atoms with Crippen LogP contribution < -0.4 is 5.32 Å². The van der Waals surface area contributed by atoms with Gasteiger partial charge >= 0.3 is 0 Å². The van der Waals surface area contributed by atoms with E-state index in [1.165, 1.54) is 12.1 Å². The lowest BCUT2D eigenvalue weighted by Gasteiger charge is -2.42. The average molecular weight is 543 g/mol. The summed E-state index contributed by atoms with van der Waals surface area (Å²) in [6, 6.07) is 4.75. The van der Waals surface area contributed by atoms with Gasteiger partial charge in [-0.05, 0) is 60.7 Å². The van der Waals surface area contributed by atoms with Gasteiger partial charge in [-0.1, -0.05) is 23.6 Å². The van der Waals surface area contributed by atoms with Crippen molar-refractivity contribution in [3.05, 3.63) is 68.8 Å². The van der Waals surface area contributed by atoms with Crippen LogP contribution in [0.25, 0.3) is 10.4 Å². The van der Waals surface area contributed by atoms with Crippen molar-refractivity contribution in [3.63, 3.8) is 0 Å². The largest absolute Gasteiger partial charge is 0.389 e. The number of sulfone groups is 1. The molecule has 2 saturated carbocycles. The topological polar surface area (TPSA) is 132 Å². The average Bonchev–Trinajstić information content (AvgIpc) is 2.94. The molecule has 2 bridgehead atoms. The van der Waals surface area contributed by atoms with Gasteiger partial charge < -0.3 is 10.4 Å². The van der Waals surface area contributed by atoms with Crippen molar-refractivity contribution in [3.8, 4) is 0 Å². The molecule has 2 aliphatic rings. The Bertz CT molecular complexity index is 1360. The van der Waals surface area contributed by atoms with Gasteiger partial charge in [-0.15, -0.1) is 0 Å². The quantitative estimate of drug-likeness (QED) is 0.223. The van der Waals surface area contributed by atoms with E-state index in [1.807, 2.05) is 6.92 Å². The molecule has 8 nitrogen and oxygen atoms in total. The van der Waals surface area contributed by atoms with Gasteiger partial charge in [-0.2, -0.15) is 0 Å². The highest BCUT2D eigenvalue weighted by Gasteiger charge is 2.58. The number of nitrogens with zero attached hydrogens (tertiary/aromatic N) is 3. The van der Waals surface area contributed by atoms with Crippen LogP contribution in [0.2, 0.25) is 5.02 Å². The molecule has 4 rings (SSSR count). The highest BCUT2D eigenvalue weighted by molar-refractivity contribution is 7.92. The second kappa shape index (κ2) is 9.59. The highest BCUT2D eigenvalue weighted by atomic mass is 35.5. The van der Waals surface area contributed by atoms with Gasteiger partial charge in [0.15, 0.2) is 27.3 Å². The van der Waals surface area contributed by atoms with Gasteiger partial charge in [0, 0.05) is 28.3 Å². The molecule has 0 saturated heterocycles. The summed E-state index contributed by atoms with van der Waals surface area (Å²) < 4.78 is 67.4. The van der Waals surface area contributed by atoms with Gasteiger partial charge in [-0.3, -0.25) is 4.79 Å². The molecule has 192 valence electrons. The summed E-state index contributed by atoms with van der Waals surface area (Å²) in [6.07, 6.45) is 0.828. The molecule has 0 aromatic heterocycles. The molecular formula is C23H22ClF3N4O4S. The summed E-state index contributed by atoms with van der Waals surface area (Å²) in [5.74, 6) is -6.35. The third-order valence-corrected chi connectivity index (χ3v) is 9.98. The van der Waals surface area contributed by atoms with E-state index in [9.17, 15) is 31.5 Å². The fourth-order valence-electron chi connectivity index (χ4n) is 5.56. The molecule has 2 aromatic carbocycles. The van der Waals surface area contributed by atoms with Gasteiger partial charge in [0.25, 0.3) is 5.91 Å². The zero-order valence-electron chi connectivity index (χ0n) is 19.0. The Morgan fingerprint density at radius 1 is 1.22 bits per heavy atom. The van der Waals surface area contributed by atoms with Crippen LogP contribution in [-0.4, -0.2) is 36.8 Å². The number of anilines is 1. The minimum Gasteiger partial charge on any atom is -0.389 e. The molecule has 13 heteroatoms. The molecule has 2 aromatic rings. The maximum absolute atomic E-state index is 13.6. The number of carbonyl (C=O) groups excluding carboxylic acids is 1. The van der Waals surface area contributed by atoms with Crippen LogP contribution in [0.4, 0.5) is 18.9 Å². The highest BCUT2D eigenvalue weighted by Crippen LogP contribution is 2.54. The normalized spacial score (nSPS) is 27.4. The van der Waals surface area contributed by atoms with E-state index in [2.05, 4.69) is 15.3 Å². The van der Waals surface area contributed by atoms with Crippen LogP contribution in [0.15, 0.2) is 40.3 Å². The molecule has 36 heavy (non-hydrogen) atoms. The van der Waals surface area contributed by atoms with Gasteiger partial charge in [0.2, 0.25) is 0 Å². The number of carbonyl (C=O) groups is 1. The maximum Gasteiger partial charge on any atom is 0.255 e. The first-order chi connectivity index (χ1) is 16.9. The Labute approximate surface area is 210 Å². The zero-order chi connectivity index (χ0) is 26.4. The van der Waals surface area contributed by atoms with Crippen molar-refractivity contribution in [1.82, 2.24) is 0 Å². The van der Waals surface area contributed by atoms with E-state index < -0.39 is 55.9 Å². The van der Waals surface area contributed by atoms with E-state index in [4.69, 9.17) is 17.1 Å². The van der Waals surface area contributed by atoms with Gasteiger partial charge in [0.1, 0.15) is 0 Å². The number of fused-ring (bicyclic) bond motifs is 2. The van der Waals surface area contributed by atoms with E-state index >= 15 is 0 Å². The van der Waals surface area contributed by atoms with Crippen molar-refractivity contribution in [2.24, 2.45) is 22.9 Å². The van der Waals surface area contributed by atoms with Crippen LogP contribution in [0.5, 0.6) is 0 Å². The van der Waals surface area contributed by atoms with E-state index in [1.54, 1.807) is 0 Å². The van der Waals surface area contributed by atoms with Crippen LogP contribution in [0.3, 0.4) is 0 Å². The second-order valence-corrected chi connectivity index (χ2v) is 12.0. The number of hydrogen-bond acceptors (Lipinski definition) is 5. The van der Waals surface area contributed by atoms with Gasteiger partial charge in [0.05, 0.1) is 27.3 Å². The summed E-state index contributed by atoms with van der Waals surface area (Å²) in [6.45, 7) is 1.77. The number of rotatable bonds is 6. The molecule has 0 aliphatic heterocycles. The third kappa shape index (κ3) is 4.54. The Morgan fingerprint density at radius 3 is 2.50 bits per heavy atom. The maximum atomic E-state index is 13.6. The lowest BCUT2D eigenvalue weighted by Crippen LogP contribution is -2.50. The predicted octanol–water partition coefficient (Wildman–Crippen LogP) is 5.26. The first-order valence-electron chi connectivity index (χ1n) is 11.1. The first-order valence-corrected chi connectivity index (χ1v) is 13.0. The number of aliphatic hydroxyl groups is 1. The Morgan fingerprint density at radius 2 is 1.89 bits per heavy atom. The summed E-state index contributed by atoms with van der Waals surface area (Å²) in [4.78, 5) is 15.1. The number of azide groups is 1. The minimum atomic E-state index is -4.06. The molecule has 2 unspecified atom stereocenters. The Kier molecular flexibility index (Phi) is 7.00. The van der Waals surface area contributed by atoms with Crippen molar-refractivity contribution in [2.45, 2.75) is 41.9 Å². The lowest BCUT2D eigenvalue weighted by atomic mass is 9.73. The summed E-state index contributed by atoms with van der Waals surface area (Å²) in [5, 5.41) is 15.9. The number of benzene rings is 2. The smallest absolute Gasteiger partial charge is 0.255 e. The minimum absolute atomic E-state index is 0.0122. The van der Waals surface area contributed by atoms with E-state index in [-0.39, 0.29) is 46.5 Å². The van der Waals surface area contributed by atoms with Crippen LogP contribution >= 0.6 is 11.6 Å². The summed E-state index contributed by atoms with van der Waals surface area (Å²) >= 11 is 6.21. The first kappa shape index (κ1) is 26.3. The monoisotopic (exact) mass is 542 g/mol. The van der Waals surface area contributed by atoms with Crippen LogP contribution in [-0.2, 0) is 9.84 Å². The number of amides is 1. The molecule has 0 spiro atoms. The molecule has 1 amide bonds. The fraction of sp³-hybridized carbons (Fsp3) is 0.435. The number of halogens is 4. The van der Waals surface area contributed by atoms with E-state index in [0.29, 0.717) is 18.6 Å². The Hall–Kier alpha value is -2.79. The van der Waals surface area contributed by atoms with Crippen molar-refractivity contribution >= 4 is 33.0 Å².